The van der Waals surface area contributed by atoms with Gasteiger partial charge in [-0.05, 0) is 37.0 Å². The molecule has 3 heterocycles. The number of piperidine rings is 1. The average Bonchev–Trinajstić information content (AvgIpc) is 3.15. The van der Waals surface area contributed by atoms with Crippen LogP contribution >= 0.6 is 0 Å². The van der Waals surface area contributed by atoms with Gasteiger partial charge in [0.2, 0.25) is 0 Å². The lowest BCUT2D eigenvalue weighted by atomic mass is 9.96. The molecular formula is C20H23N5O. The summed E-state index contributed by atoms with van der Waals surface area (Å²) in [6.45, 7) is 4.74. The standard InChI is InChI=1S/C20H23N5O/c1-2-19-23-9-12-25(19)14-15-5-10-24(11-6-15)20(26)16-3-4-17-18(13-16)22-8-7-21-17/h3-4,7-9,12-13,15H,2,5-6,10-11,14H2,1H3. The summed E-state index contributed by atoms with van der Waals surface area (Å²) < 4.78 is 2.25. The van der Waals surface area contributed by atoms with Crippen molar-refractivity contribution >= 4 is 16.9 Å². The highest BCUT2D eigenvalue weighted by Crippen LogP contribution is 2.22. The Kier molecular flexibility index (Phi) is 4.65. The highest BCUT2D eigenvalue weighted by atomic mass is 16.2. The average molecular weight is 349 g/mol. The van der Waals surface area contributed by atoms with Crippen LogP contribution in [-0.2, 0) is 13.0 Å². The summed E-state index contributed by atoms with van der Waals surface area (Å²) in [6.07, 6.45) is 10.3. The Morgan fingerprint density at radius 3 is 2.62 bits per heavy atom. The number of likely N-dealkylation sites (tertiary alicyclic amines) is 1. The fourth-order valence-electron chi connectivity index (χ4n) is 3.70. The molecule has 6 heteroatoms. The summed E-state index contributed by atoms with van der Waals surface area (Å²) in [6, 6.07) is 5.56. The zero-order chi connectivity index (χ0) is 17.9. The molecule has 1 aliphatic heterocycles. The van der Waals surface area contributed by atoms with Crippen molar-refractivity contribution in [1.82, 2.24) is 24.4 Å². The molecule has 1 amide bonds. The Bertz CT molecular complexity index is 911. The molecule has 0 radical (unpaired) electrons. The summed E-state index contributed by atoms with van der Waals surface area (Å²) in [5, 5.41) is 0. The van der Waals surface area contributed by atoms with Crippen LogP contribution < -0.4 is 0 Å². The van der Waals surface area contributed by atoms with Crippen molar-refractivity contribution in [3.05, 3.63) is 54.4 Å². The van der Waals surface area contributed by atoms with Gasteiger partial charge in [-0.25, -0.2) is 4.98 Å². The van der Waals surface area contributed by atoms with Crippen LogP contribution in [0.25, 0.3) is 11.0 Å². The van der Waals surface area contributed by atoms with E-state index in [-0.39, 0.29) is 5.91 Å². The third kappa shape index (κ3) is 3.31. The Morgan fingerprint density at radius 2 is 1.85 bits per heavy atom. The quantitative estimate of drug-likeness (QED) is 0.726. The number of amides is 1. The highest BCUT2D eigenvalue weighted by molar-refractivity contribution is 5.97. The molecule has 0 N–H and O–H groups in total. The maximum atomic E-state index is 12.8. The number of nitrogens with zero attached hydrogens (tertiary/aromatic N) is 5. The van der Waals surface area contributed by atoms with Crippen molar-refractivity contribution in [1.29, 1.82) is 0 Å². The van der Waals surface area contributed by atoms with Crippen LogP contribution in [-0.4, -0.2) is 43.4 Å². The van der Waals surface area contributed by atoms with Crippen molar-refractivity contribution in [2.45, 2.75) is 32.7 Å². The van der Waals surface area contributed by atoms with Crippen LogP contribution in [0.2, 0.25) is 0 Å². The molecule has 0 unspecified atom stereocenters. The molecule has 0 aliphatic carbocycles. The van der Waals surface area contributed by atoms with Crippen LogP contribution in [0, 0.1) is 5.92 Å². The van der Waals surface area contributed by atoms with Crippen LogP contribution in [0.3, 0.4) is 0 Å². The molecule has 3 aromatic rings. The van der Waals surface area contributed by atoms with Crippen LogP contribution in [0.15, 0.2) is 43.0 Å². The lowest BCUT2D eigenvalue weighted by molar-refractivity contribution is 0.0682. The molecule has 1 aliphatic rings. The van der Waals surface area contributed by atoms with Gasteiger partial charge in [-0.15, -0.1) is 0 Å². The molecular weight excluding hydrogens is 326 g/mol. The van der Waals surface area contributed by atoms with E-state index in [9.17, 15) is 4.79 Å². The van der Waals surface area contributed by atoms with Gasteiger partial charge in [-0.1, -0.05) is 6.92 Å². The van der Waals surface area contributed by atoms with Crippen LogP contribution in [0.1, 0.15) is 35.9 Å². The largest absolute Gasteiger partial charge is 0.339 e. The predicted molar refractivity (Wildman–Crippen MR) is 99.8 cm³/mol. The molecule has 1 saturated heterocycles. The first-order valence-corrected chi connectivity index (χ1v) is 9.24. The SMILES string of the molecule is CCc1nccn1CC1CCN(C(=O)c2ccc3nccnc3c2)CC1. The third-order valence-corrected chi connectivity index (χ3v) is 5.19. The first-order valence-electron chi connectivity index (χ1n) is 9.24. The van der Waals surface area contributed by atoms with E-state index >= 15 is 0 Å². The summed E-state index contributed by atoms with van der Waals surface area (Å²) in [5.41, 5.74) is 2.27. The van der Waals surface area contributed by atoms with Crippen molar-refractivity contribution in [3.8, 4) is 0 Å². The van der Waals surface area contributed by atoms with Gasteiger partial charge in [0.05, 0.1) is 11.0 Å². The monoisotopic (exact) mass is 349 g/mol. The van der Waals surface area contributed by atoms with Gasteiger partial charge in [0.1, 0.15) is 5.82 Å². The molecule has 0 atom stereocenters. The minimum atomic E-state index is 0.0906. The predicted octanol–water partition coefficient (Wildman–Crippen LogP) is 2.94. The molecule has 1 fully saturated rings. The molecule has 0 bridgehead atoms. The normalized spacial score (nSPS) is 15.5. The van der Waals surface area contributed by atoms with Gasteiger partial charge in [-0.3, -0.25) is 14.8 Å². The zero-order valence-electron chi connectivity index (χ0n) is 15.0. The van der Waals surface area contributed by atoms with E-state index in [2.05, 4.69) is 32.6 Å². The Labute approximate surface area is 152 Å². The first kappa shape index (κ1) is 16.7. The molecule has 4 rings (SSSR count). The van der Waals surface area contributed by atoms with Crippen LogP contribution in [0.4, 0.5) is 0 Å². The van der Waals surface area contributed by atoms with Gasteiger partial charge < -0.3 is 9.47 Å². The molecule has 0 saturated carbocycles. The van der Waals surface area contributed by atoms with E-state index in [4.69, 9.17) is 0 Å². The minimum Gasteiger partial charge on any atom is -0.339 e. The van der Waals surface area contributed by atoms with Crippen molar-refractivity contribution in [2.75, 3.05) is 13.1 Å². The zero-order valence-corrected chi connectivity index (χ0v) is 15.0. The Balaban J connectivity index is 1.39. The number of fused-ring (bicyclic) bond motifs is 1. The minimum absolute atomic E-state index is 0.0906. The lowest BCUT2D eigenvalue weighted by Crippen LogP contribution is -2.39. The van der Waals surface area contributed by atoms with Gasteiger partial charge in [-0.2, -0.15) is 0 Å². The highest BCUT2D eigenvalue weighted by Gasteiger charge is 2.24. The van der Waals surface area contributed by atoms with E-state index in [1.54, 1.807) is 12.4 Å². The number of hydrogen-bond donors (Lipinski definition) is 0. The summed E-state index contributed by atoms with van der Waals surface area (Å²) in [5.74, 6) is 1.83. The number of carbonyl (C=O) groups is 1. The number of rotatable bonds is 4. The number of aryl methyl sites for hydroxylation is 1. The lowest BCUT2D eigenvalue weighted by Gasteiger charge is -2.32. The molecule has 2 aromatic heterocycles. The summed E-state index contributed by atoms with van der Waals surface area (Å²) in [4.78, 5) is 27.7. The molecule has 134 valence electrons. The van der Waals surface area contributed by atoms with E-state index in [0.29, 0.717) is 11.5 Å². The van der Waals surface area contributed by atoms with Crippen LogP contribution in [0.5, 0.6) is 0 Å². The van der Waals surface area contributed by atoms with E-state index < -0.39 is 0 Å². The molecule has 0 spiro atoms. The number of hydrogen-bond acceptors (Lipinski definition) is 4. The molecule has 26 heavy (non-hydrogen) atoms. The topological polar surface area (TPSA) is 63.9 Å². The number of imidazole rings is 1. The Morgan fingerprint density at radius 1 is 1.08 bits per heavy atom. The second kappa shape index (κ2) is 7.23. The van der Waals surface area contributed by atoms with Crippen molar-refractivity contribution in [2.24, 2.45) is 5.92 Å². The van der Waals surface area contributed by atoms with E-state index in [1.165, 1.54) is 0 Å². The smallest absolute Gasteiger partial charge is 0.253 e. The van der Waals surface area contributed by atoms with E-state index in [1.807, 2.05) is 29.3 Å². The van der Waals surface area contributed by atoms with Gasteiger partial charge in [0, 0.05) is 56.4 Å². The number of benzene rings is 1. The van der Waals surface area contributed by atoms with Crippen molar-refractivity contribution in [3.63, 3.8) is 0 Å². The van der Waals surface area contributed by atoms with Crippen molar-refractivity contribution < 1.29 is 4.79 Å². The fourth-order valence-corrected chi connectivity index (χ4v) is 3.70. The first-order chi connectivity index (χ1) is 12.7. The summed E-state index contributed by atoms with van der Waals surface area (Å²) >= 11 is 0. The maximum absolute atomic E-state index is 12.8. The second-order valence-electron chi connectivity index (χ2n) is 6.84. The summed E-state index contributed by atoms with van der Waals surface area (Å²) in [7, 11) is 0. The Hall–Kier alpha value is -2.76. The van der Waals surface area contributed by atoms with Gasteiger partial charge >= 0.3 is 0 Å². The number of aromatic nitrogens is 4. The van der Waals surface area contributed by atoms with Gasteiger partial charge in [0.25, 0.3) is 5.91 Å². The number of carbonyl (C=O) groups excluding carboxylic acids is 1. The van der Waals surface area contributed by atoms with E-state index in [0.717, 1.165) is 55.8 Å². The third-order valence-electron chi connectivity index (χ3n) is 5.19. The second-order valence-corrected chi connectivity index (χ2v) is 6.84. The maximum Gasteiger partial charge on any atom is 0.253 e. The molecule has 6 nitrogen and oxygen atoms in total. The fraction of sp³-hybridized carbons (Fsp3) is 0.400. The molecule has 1 aromatic carbocycles. The van der Waals surface area contributed by atoms with Gasteiger partial charge in [0.15, 0.2) is 0 Å².